The van der Waals surface area contributed by atoms with Crippen LogP contribution in [0.2, 0.25) is 0 Å². The van der Waals surface area contributed by atoms with Gasteiger partial charge >= 0.3 is 137 Å². The predicted molar refractivity (Wildman–Crippen MR) is 216 cm³/mol. The van der Waals surface area contributed by atoms with E-state index in [-0.39, 0.29) is 35.6 Å². The van der Waals surface area contributed by atoms with Crippen molar-refractivity contribution < 1.29 is 75.4 Å². The standard InChI is InChI=1S/C23H29.C15H8F6.C11H17.2ClH.Zr/c1-14-9-16-11-17-10-15(2)21(23(6,7)8)13-19(17)18(16)12-20(14)22(3,4)5;16-14(17,18)12-5-1-10(2-6-12)9-11-3-7-13(8-4-11)15(19,20)21;1-5-9-6-7-10(8-9)11(2,3)4;;;/h9,12-13H,11H2,1-8H3;1-8H;7-9H,5H2,1-4H3;2*1H;/q-1;;-1;;;+2/p-2. The number of allylic oxidation sites excluding steroid dienone is 4. The van der Waals surface area contributed by atoms with Gasteiger partial charge in [-0.05, 0) is 35.4 Å². The van der Waals surface area contributed by atoms with Crippen LogP contribution in [0.5, 0.6) is 0 Å². The van der Waals surface area contributed by atoms with Crippen LogP contribution < -0.4 is 24.8 Å². The van der Waals surface area contributed by atoms with Gasteiger partial charge in [0.05, 0.1) is 0 Å². The first-order valence-corrected chi connectivity index (χ1v) is 20.3. The molecule has 1 unspecified atom stereocenters. The number of halogens is 8. The summed E-state index contributed by atoms with van der Waals surface area (Å²) in [6.07, 6.45) is 1.21. The van der Waals surface area contributed by atoms with Gasteiger partial charge in [0.1, 0.15) is 0 Å². The zero-order valence-corrected chi connectivity index (χ0v) is 39.5. The molecule has 0 heterocycles. The Morgan fingerprint density at radius 2 is 1.10 bits per heavy atom. The maximum absolute atomic E-state index is 12.5. The van der Waals surface area contributed by atoms with Crippen molar-refractivity contribution >= 4 is 3.21 Å². The summed E-state index contributed by atoms with van der Waals surface area (Å²) in [5.74, 6) is 0.573. The normalized spacial score (nSPS) is 14.8. The molecular weight excluding hydrogens is 865 g/mol. The summed E-state index contributed by atoms with van der Waals surface area (Å²) in [5.41, 5.74) is 13.0. The van der Waals surface area contributed by atoms with Gasteiger partial charge in [-0.2, -0.15) is 29.3 Å². The summed E-state index contributed by atoms with van der Waals surface area (Å²) in [6, 6.07) is 20.1. The number of rotatable bonds is 3. The second kappa shape index (κ2) is 19.3. The van der Waals surface area contributed by atoms with Crippen molar-refractivity contribution in [3.05, 3.63) is 152 Å². The molecule has 0 N–H and O–H groups in total. The van der Waals surface area contributed by atoms with Crippen molar-refractivity contribution in [1.82, 2.24) is 0 Å². The molecule has 0 fully saturated rings. The topological polar surface area (TPSA) is 0 Å². The van der Waals surface area contributed by atoms with Gasteiger partial charge in [0.2, 0.25) is 0 Å². The fraction of sp³-hybridized carbons (Fsp3) is 0.408. The zero-order valence-electron chi connectivity index (χ0n) is 35.5. The summed E-state index contributed by atoms with van der Waals surface area (Å²) in [4.78, 5) is 0. The minimum Gasteiger partial charge on any atom is -1.00 e. The van der Waals surface area contributed by atoms with Crippen molar-refractivity contribution in [3.8, 4) is 11.1 Å². The summed E-state index contributed by atoms with van der Waals surface area (Å²) in [5, 5.41) is 0. The van der Waals surface area contributed by atoms with E-state index in [2.05, 4.69) is 126 Å². The third-order valence-electron chi connectivity index (χ3n) is 10.2. The summed E-state index contributed by atoms with van der Waals surface area (Å²) in [7, 11) is 0. The number of hydrogen-bond acceptors (Lipinski definition) is 0. The first-order chi connectivity index (χ1) is 25.6. The molecule has 0 saturated carbocycles. The summed E-state index contributed by atoms with van der Waals surface area (Å²) < 4.78 is 75.6. The number of aryl methyl sites for hydroxylation is 2. The molecule has 0 spiro atoms. The molecule has 0 aliphatic heterocycles. The second-order valence-electron chi connectivity index (χ2n) is 17.9. The SMILES string of the molecule is CCC1[C-]=CC(C(C)(C)C)=C1.Cc1[c-]c2c(cc1C(C)(C)C)-c1cc(C(C)(C)C)c(C)cc1C2.FC(F)(F)c1ccc([C](=[Zr+2])c2ccc(C(F)(F)F)cc2)cc1.[Cl-].[Cl-]. The van der Waals surface area contributed by atoms with Crippen LogP contribution in [0.15, 0.2) is 84.5 Å². The average molecular weight is 919 g/mol. The summed E-state index contributed by atoms with van der Waals surface area (Å²) in [6.45, 7) is 27.2. The van der Waals surface area contributed by atoms with Crippen LogP contribution >= 0.6 is 0 Å². The van der Waals surface area contributed by atoms with E-state index in [1.165, 1.54) is 80.8 Å². The van der Waals surface area contributed by atoms with Gasteiger partial charge in [0.25, 0.3) is 0 Å². The molecule has 1 atom stereocenters. The van der Waals surface area contributed by atoms with Gasteiger partial charge in [-0.15, -0.1) is 16.7 Å². The molecule has 2 aliphatic rings. The molecule has 4 aromatic carbocycles. The molecular formula is C49H54Cl2F6Zr-2. The molecule has 0 aromatic heterocycles. The van der Waals surface area contributed by atoms with Crippen LogP contribution in [0.25, 0.3) is 11.1 Å². The van der Waals surface area contributed by atoms with E-state index in [4.69, 9.17) is 0 Å². The van der Waals surface area contributed by atoms with Gasteiger partial charge < -0.3 is 24.8 Å². The number of alkyl halides is 6. The number of benzene rings is 4. The van der Waals surface area contributed by atoms with E-state index in [0.29, 0.717) is 25.7 Å². The van der Waals surface area contributed by atoms with Gasteiger partial charge in [-0.3, -0.25) is 6.08 Å². The van der Waals surface area contributed by atoms with Crippen molar-refractivity contribution in [2.75, 3.05) is 0 Å². The Labute approximate surface area is 370 Å². The fourth-order valence-electron chi connectivity index (χ4n) is 7.05. The Balaban J connectivity index is 0.000000312. The zero-order chi connectivity index (χ0) is 42.2. The van der Waals surface area contributed by atoms with Crippen LogP contribution in [-0.4, -0.2) is 3.21 Å². The smallest absolute Gasteiger partial charge is 1.00 e. The molecule has 0 bridgehead atoms. The number of fused-ring (bicyclic) bond motifs is 3. The van der Waals surface area contributed by atoms with Crippen molar-refractivity contribution in [2.45, 2.75) is 119 Å². The maximum atomic E-state index is 12.5. The predicted octanol–water partition coefficient (Wildman–Crippen LogP) is 8.48. The van der Waals surface area contributed by atoms with Crippen molar-refractivity contribution in [3.63, 3.8) is 0 Å². The van der Waals surface area contributed by atoms with E-state index in [1.807, 2.05) is 0 Å². The Bertz CT molecular complexity index is 1970. The molecule has 4 aromatic rings. The van der Waals surface area contributed by atoms with E-state index >= 15 is 0 Å². The van der Waals surface area contributed by atoms with Crippen molar-refractivity contribution in [1.29, 1.82) is 0 Å². The molecule has 0 saturated heterocycles. The Kier molecular flexibility index (Phi) is 17.1. The molecule has 0 nitrogen and oxygen atoms in total. The molecule has 58 heavy (non-hydrogen) atoms. The van der Waals surface area contributed by atoms with Gasteiger partial charge in [0, 0.05) is 0 Å². The van der Waals surface area contributed by atoms with Crippen LogP contribution in [0.3, 0.4) is 0 Å². The van der Waals surface area contributed by atoms with E-state index in [9.17, 15) is 26.3 Å². The third-order valence-corrected chi connectivity index (χ3v) is 11.6. The molecule has 6 rings (SSSR count). The quantitative estimate of drug-likeness (QED) is 0.126. The van der Waals surface area contributed by atoms with Gasteiger partial charge in [0.15, 0.2) is 0 Å². The maximum Gasteiger partial charge on any atom is -1.00 e. The van der Waals surface area contributed by atoms with E-state index in [0.717, 1.165) is 54.9 Å². The van der Waals surface area contributed by atoms with Gasteiger partial charge in [-0.25, -0.2) is 6.08 Å². The Hall–Kier alpha value is -2.73. The first-order valence-electron chi connectivity index (χ1n) is 19.1. The van der Waals surface area contributed by atoms with Crippen LogP contribution in [0.1, 0.15) is 131 Å². The van der Waals surface area contributed by atoms with Crippen LogP contribution in [-0.2, 0) is 53.8 Å². The molecule has 2 aliphatic carbocycles. The molecule has 0 radical (unpaired) electrons. The van der Waals surface area contributed by atoms with Crippen LogP contribution in [0, 0.1) is 37.3 Å². The minimum atomic E-state index is -4.41. The average Bonchev–Trinajstić information content (AvgIpc) is 3.71. The molecule has 312 valence electrons. The van der Waals surface area contributed by atoms with Crippen LogP contribution in [0.4, 0.5) is 26.3 Å². The van der Waals surface area contributed by atoms with Crippen molar-refractivity contribution in [2.24, 2.45) is 11.3 Å². The monoisotopic (exact) mass is 916 g/mol. The van der Waals surface area contributed by atoms with E-state index in [1.54, 1.807) is 0 Å². The van der Waals surface area contributed by atoms with Gasteiger partial charge in [-0.1, -0.05) is 117 Å². The molecule has 0 amide bonds. The first kappa shape index (κ1) is 51.4. The largest absolute Gasteiger partial charge is 1.00 e. The minimum absolute atomic E-state index is 0. The molecule has 9 heteroatoms. The fourth-order valence-corrected chi connectivity index (χ4v) is 7.87. The number of hydrogen-bond donors (Lipinski definition) is 0. The Morgan fingerprint density at radius 3 is 1.47 bits per heavy atom. The van der Waals surface area contributed by atoms with E-state index < -0.39 is 23.5 Å². The Morgan fingerprint density at radius 1 is 0.655 bits per heavy atom. The second-order valence-corrected chi connectivity index (χ2v) is 19.2. The third kappa shape index (κ3) is 12.9. The summed E-state index contributed by atoms with van der Waals surface area (Å²) >= 11 is 0.898.